The lowest BCUT2D eigenvalue weighted by atomic mass is 10.1. The summed E-state index contributed by atoms with van der Waals surface area (Å²) in [6.45, 7) is 3.66. The molecule has 0 aromatic heterocycles. The summed E-state index contributed by atoms with van der Waals surface area (Å²) in [5.74, 6) is 1.91. The van der Waals surface area contributed by atoms with E-state index >= 15 is 0 Å². The molecule has 2 aliphatic rings. The van der Waals surface area contributed by atoms with Crippen molar-refractivity contribution in [1.29, 1.82) is 0 Å². The van der Waals surface area contributed by atoms with E-state index in [1.54, 1.807) is 0 Å². The highest BCUT2D eigenvalue weighted by Gasteiger charge is 2.37. The number of fused-ring (bicyclic) bond motifs is 2. The molecule has 18 heavy (non-hydrogen) atoms. The van der Waals surface area contributed by atoms with Gasteiger partial charge in [-0.25, -0.2) is 0 Å². The van der Waals surface area contributed by atoms with Gasteiger partial charge in [0.25, 0.3) is 0 Å². The van der Waals surface area contributed by atoms with Gasteiger partial charge in [-0.3, -0.25) is 4.90 Å². The van der Waals surface area contributed by atoms with Crippen molar-refractivity contribution in [2.45, 2.75) is 31.8 Å². The number of nitrogens with two attached hydrogens (primary N) is 1. The van der Waals surface area contributed by atoms with Gasteiger partial charge in [-0.1, -0.05) is 18.2 Å². The summed E-state index contributed by atoms with van der Waals surface area (Å²) in [6, 6.07) is 8.90. The van der Waals surface area contributed by atoms with Crippen molar-refractivity contribution < 1.29 is 4.74 Å². The van der Waals surface area contributed by atoms with Gasteiger partial charge in [0.05, 0.1) is 0 Å². The molecule has 1 aromatic carbocycles. The van der Waals surface area contributed by atoms with Crippen LogP contribution in [0.2, 0.25) is 0 Å². The summed E-state index contributed by atoms with van der Waals surface area (Å²) in [5.41, 5.74) is 6.80. The van der Waals surface area contributed by atoms with Crippen LogP contribution >= 0.6 is 0 Å². The summed E-state index contributed by atoms with van der Waals surface area (Å²) >= 11 is 0. The predicted octanol–water partition coefficient (Wildman–Crippen LogP) is 2.01. The Morgan fingerprint density at radius 3 is 2.89 bits per heavy atom. The summed E-state index contributed by atoms with van der Waals surface area (Å²) in [5, 5.41) is 0. The van der Waals surface area contributed by atoms with Crippen molar-refractivity contribution in [2.75, 3.05) is 19.7 Å². The second kappa shape index (κ2) is 5.29. The fourth-order valence-corrected chi connectivity index (χ4v) is 3.39. The molecule has 1 saturated carbocycles. The van der Waals surface area contributed by atoms with Gasteiger partial charge in [0, 0.05) is 31.2 Å². The van der Waals surface area contributed by atoms with Gasteiger partial charge in [-0.05, 0) is 31.2 Å². The maximum atomic E-state index is 5.88. The molecular formula is C15H22N2O. The molecule has 1 aliphatic carbocycles. The van der Waals surface area contributed by atoms with Crippen LogP contribution in [-0.4, -0.2) is 30.6 Å². The highest BCUT2D eigenvalue weighted by atomic mass is 16.5. The first kappa shape index (κ1) is 12.0. The SMILES string of the molecule is NCc1ccccc1OCCN1CC2CCC1C2. The van der Waals surface area contributed by atoms with Crippen LogP contribution < -0.4 is 10.5 Å². The van der Waals surface area contributed by atoms with Gasteiger partial charge < -0.3 is 10.5 Å². The third-order valence-electron chi connectivity index (χ3n) is 4.35. The molecule has 98 valence electrons. The second-order valence-electron chi connectivity index (χ2n) is 5.49. The molecule has 2 atom stereocenters. The Labute approximate surface area is 109 Å². The molecule has 3 heteroatoms. The van der Waals surface area contributed by atoms with E-state index in [0.29, 0.717) is 6.54 Å². The van der Waals surface area contributed by atoms with E-state index in [0.717, 1.165) is 36.4 Å². The van der Waals surface area contributed by atoms with Crippen LogP contribution in [0.4, 0.5) is 0 Å². The summed E-state index contributed by atoms with van der Waals surface area (Å²) in [4.78, 5) is 2.60. The molecule has 3 rings (SSSR count). The van der Waals surface area contributed by atoms with Gasteiger partial charge in [-0.15, -0.1) is 0 Å². The molecule has 0 amide bonds. The first-order valence-corrected chi connectivity index (χ1v) is 7.01. The summed E-state index contributed by atoms with van der Waals surface area (Å²) < 4.78 is 5.88. The van der Waals surface area contributed by atoms with Crippen molar-refractivity contribution in [2.24, 2.45) is 11.7 Å². The second-order valence-corrected chi connectivity index (χ2v) is 5.49. The molecule has 3 nitrogen and oxygen atoms in total. The average molecular weight is 246 g/mol. The van der Waals surface area contributed by atoms with Crippen molar-refractivity contribution in [3.8, 4) is 5.75 Å². The fraction of sp³-hybridized carbons (Fsp3) is 0.600. The highest BCUT2D eigenvalue weighted by Crippen LogP contribution is 2.36. The van der Waals surface area contributed by atoms with E-state index in [1.165, 1.54) is 25.8 Å². The number of nitrogens with zero attached hydrogens (tertiary/aromatic N) is 1. The van der Waals surface area contributed by atoms with E-state index in [-0.39, 0.29) is 0 Å². The maximum absolute atomic E-state index is 5.88. The number of likely N-dealkylation sites (tertiary alicyclic amines) is 1. The standard InChI is InChI=1S/C15H22N2O/c16-10-13-3-1-2-4-15(13)18-8-7-17-11-12-5-6-14(17)9-12/h1-4,12,14H,5-11,16H2. The number of rotatable bonds is 5. The first-order chi connectivity index (χ1) is 8.86. The topological polar surface area (TPSA) is 38.5 Å². The van der Waals surface area contributed by atoms with E-state index in [9.17, 15) is 0 Å². The molecule has 2 unspecified atom stereocenters. The Morgan fingerprint density at radius 2 is 2.17 bits per heavy atom. The highest BCUT2D eigenvalue weighted by molar-refractivity contribution is 5.32. The number of para-hydroxylation sites is 1. The Hall–Kier alpha value is -1.06. The molecule has 2 N–H and O–H groups in total. The minimum atomic E-state index is 0.546. The first-order valence-electron chi connectivity index (χ1n) is 7.01. The van der Waals surface area contributed by atoms with Gasteiger partial charge in [-0.2, -0.15) is 0 Å². The number of benzene rings is 1. The zero-order chi connectivity index (χ0) is 12.4. The number of ether oxygens (including phenoxy) is 1. The van der Waals surface area contributed by atoms with Crippen LogP contribution in [0.1, 0.15) is 24.8 Å². The van der Waals surface area contributed by atoms with E-state index in [4.69, 9.17) is 10.5 Å². The third kappa shape index (κ3) is 2.38. The minimum Gasteiger partial charge on any atom is -0.492 e. The zero-order valence-electron chi connectivity index (χ0n) is 10.8. The van der Waals surface area contributed by atoms with E-state index < -0.39 is 0 Å². The molecule has 0 radical (unpaired) electrons. The molecule has 2 fully saturated rings. The summed E-state index contributed by atoms with van der Waals surface area (Å²) in [7, 11) is 0. The monoisotopic (exact) mass is 246 g/mol. The number of hydrogen-bond acceptors (Lipinski definition) is 3. The predicted molar refractivity (Wildman–Crippen MR) is 72.5 cm³/mol. The van der Waals surface area contributed by atoms with Crippen LogP contribution in [0.5, 0.6) is 5.75 Å². The molecule has 2 bridgehead atoms. The van der Waals surface area contributed by atoms with Gasteiger partial charge >= 0.3 is 0 Å². The van der Waals surface area contributed by atoms with E-state index in [1.807, 2.05) is 24.3 Å². The van der Waals surface area contributed by atoms with Crippen LogP contribution in [0, 0.1) is 5.92 Å². The number of hydrogen-bond donors (Lipinski definition) is 1. The normalized spacial score (nSPS) is 26.7. The molecule has 1 aliphatic heterocycles. The van der Waals surface area contributed by atoms with Crippen LogP contribution in [-0.2, 0) is 6.54 Å². The molecule has 1 aromatic rings. The smallest absolute Gasteiger partial charge is 0.123 e. The average Bonchev–Trinajstić information content (AvgIpc) is 3.02. The quantitative estimate of drug-likeness (QED) is 0.863. The Kier molecular flexibility index (Phi) is 3.52. The molecule has 0 spiro atoms. The molecule has 1 saturated heterocycles. The van der Waals surface area contributed by atoms with Crippen molar-refractivity contribution in [1.82, 2.24) is 4.90 Å². The molecule has 1 heterocycles. The summed E-state index contributed by atoms with van der Waals surface area (Å²) in [6.07, 6.45) is 4.25. The number of piperidine rings is 1. The van der Waals surface area contributed by atoms with Gasteiger partial charge in [0.15, 0.2) is 0 Å². The van der Waals surface area contributed by atoms with Gasteiger partial charge in [0.1, 0.15) is 12.4 Å². The van der Waals surface area contributed by atoms with E-state index in [2.05, 4.69) is 4.90 Å². The van der Waals surface area contributed by atoms with Gasteiger partial charge in [0.2, 0.25) is 0 Å². The van der Waals surface area contributed by atoms with Crippen molar-refractivity contribution in [3.63, 3.8) is 0 Å². The molecular weight excluding hydrogens is 224 g/mol. The lowest BCUT2D eigenvalue weighted by molar-refractivity contribution is 0.171. The Balaban J connectivity index is 1.50. The zero-order valence-corrected chi connectivity index (χ0v) is 10.8. The maximum Gasteiger partial charge on any atom is 0.123 e. The van der Waals surface area contributed by atoms with Crippen LogP contribution in [0.15, 0.2) is 24.3 Å². The fourth-order valence-electron chi connectivity index (χ4n) is 3.39. The lowest BCUT2D eigenvalue weighted by Crippen LogP contribution is -2.35. The largest absolute Gasteiger partial charge is 0.492 e. The van der Waals surface area contributed by atoms with Crippen LogP contribution in [0.3, 0.4) is 0 Å². The van der Waals surface area contributed by atoms with Crippen molar-refractivity contribution >= 4 is 0 Å². The third-order valence-corrected chi connectivity index (χ3v) is 4.35. The lowest BCUT2D eigenvalue weighted by Gasteiger charge is -2.26. The Bertz CT molecular complexity index is 407. The minimum absolute atomic E-state index is 0.546. The Morgan fingerprint density at radius 1 is 1.28 bits per heavy atom. The van der Waals surface area contributed by atoms with Crippen molar-refractivity contribution in [3.05, 3.63) is 29.8 Å². The van der Waals surface area contributed by atoms with Crippen LogP contribution in [0.25, 0.3) is 0 Å².